The Labute approximate surface area is 148 Å². The molecule has 0 fully saturated rings. The molecular formula is C15H15Cl2N3O4. The van der Waals surface area contributed by atoms with Crippen molar-refractivity contribution >= 4 is 40.9 Å². The van der Waals surface area contributed by atoms with E-state index in [0.29, 0.717) is 11.3 Å². The van der Waals surface area contributed by atoms with Gasteiger partial charge in [0, 0.05) is 5.56 Å². The molecule has 0 radical (unpaired) electrons. The zero-order valence-electron chi connectivity index (χ0n) is 12.8. The Balaban J connectivity index is 2.48. The van der Waals surface area contributed by atoms with Crippen LogP contribution < -0.4 is 15.8 Å². The second-order valence-electron chi connectivity index (χ2n) is 5.21. The summed E-state index contributed by atoms with van der Waals surface area (Å²) in [5.41, 5.74) is 6.34. The fourth-order valence-electron chi connectivity index (χ4n) is 1.99. The zero-order chi connectivity index (χ0) is 18.0. The number of carbonyl (C=O) groups is 1. The van der Waals surface area contributed by atoms with Crippen LogP contribution in [0.15, 0.2) is 18.2 Å². The lowest BCUT2D eigenvalue weighted by Crippen LogP contribution is -2.11. The van der Waals surface area contributed by atoms with E-state index in [1.165, 1.54) is 12.1 Å². The van der Waals surface area contributed by atoms with E-state index in [1.807, 2.05) is 19.2 Å². The van der Waals surface area contributed by atoms with Crippen LogP contribution in [-0.4, -0.2) is 21.3 Å². The van der Waals surface area contributed by atoms with E-state index in [9.17, 15) is 9.90 Å². The lowest BCUT2D eigenvalue weighted by Gasteiger charge is -2.15. The van der Waals surface area contributed by atoms with Crippen molar-refractivity contribution in [2.24, 2.45) is 0 Å². The van der Waals surface area contributed by atoms with Crippen molar-refractivity contribution in [3.63, 3.8) is 0 Å². The van der Waals surface area contributed by atoms with Crippen LogP contribution in [0.2, 0.25) is 10.0 Å². The summed E-state index contributed by atoms with van der Waals surface area (Å²) in [5, 5.41) is 20.5. The van der Waals surface area contributed by atoms with Crippen LogP contribution in [0.4, 0.5) is 16.4 Å². The number of benzene rings is 1. The fraction of sp³-hybridized carbons (Fsp3) is 0.200. The third kappa shape index (κ3) is 3.74. The maximum Gasteiger partial charge on any atom is 0.410 e. The highest BCUT2D eigenvalue weighted by atomic mass is 35.5. The standard InChI is InChI=1S/C15H15Cl2N3O4/c1-6(2)8-5-7(3-4-9(8)21)24-12-10(16)13(18)19-14(11(12)17)20-15(22)23/h3-6,21H,1-2H3,(H,22,23)(H3,18,19,20). The summed E-state index contributed by atoms with van der Waals surface area (Å²) in [7, 11) is 0. The Morgan fingerprint density at radius 3 is 2.58 bits per heavy atom. The molecule has 9 heteroatoms. The molecule has 0 saturated heterocycles. The molecule has 0 aliphatic rings. The first-order valence-corrected chi connectivity index (χ1v) is 7.61. The first-order chi connectivity index (χ1) is 11.2. The Morgan fingerprint density at radius 2 is 2.00 bits per heavy atom. The molecule has 128 valence electrons. The van der Waals surface area contributed by atoms with Crippen molar-refractivity contribution in [3.05, 3.63) is 33.8 Å². The molecule has 1 amide bonds. The number of nitrogens with one attached hydrogen (secondary N) is 1. The third-order valence-corrected chi connectivity index (χ3v) is 3.85. The number of nitrogens with two attached hydrogens (primary N) is 1. The van der Waals surface area contributed by atoms with Gasteiger partial charge in [0.15, 0.2) is 11.6 Å². The highest BCUT2D eigenvalue weighted by Gasteiger charge is 2.20. The van der Waals surface area contributed by atoms with Crippen molar-refractivity contribution < 1.29 is 19.7 Å². The van der Waals surface area contributed by atoms with E-state index in [2.05, 4.69) is 4.98 Å². The molecule has 0 aliphatic carbocycles. The van der Waals surface area contributed by atoms with E-state index in [-0.39, 0.29) is 39.1 Å². The molecule has 1 heterocycles. The molecule has 0 bridgehead atoms. The van der Waals surface area contributed by atoms with E-state index in [1.54, 1.807) is 6.07 Å². The topological polar surface area (TPSA) is 118 Å². The molecule has 2 aromatic rings. The first-order valence-electron chi connectivity index (χ1n) is 6.85. The lowest BCUT2D eigenvalue weighted by molar-refractivity contribution is 0.209. The van der Waals surface area contributed by atoms with Gasteiger partial charge >= 0.3 is 6.09 Å². The molecule has 0 aliphatic heterocycles. The van der Waals surface area contributed by atoms with E-state index >= 15 is 0 Å². The minimum absolute atomic E-state index is 0.0324. The SMILES string of the molecule is CC(C)c1cc(Oc2c(Cl)c(N)nc(NC(=O)O)c2Cl)ccc1O. The number of rotatable bonds is 4. The molecular weight excluding hydrogens is 357 g/mol. The van der Waals surface area contributed by atoms with Gasteiger partial charge in [-0.3, -0.25) is 5.32 Å². The largest absolute Gasteiger partial charge is 0.508 e. The summed E-state index contributed by atoms with van der Waals surface area (Å²) in [6.45, 7) is 3.83. The second-order valence-corrected chi connectivity index (χ2v) is 5.97. The van der Waals surface area contributed by atoms with Crippen LogP contribution in [0.25, 0.3) is 0 Å². The minimum Gasteiger partial charge on any atom is -0.508 e. The van der Waals surface area contributed by atoms with Crippen LogP contribution in [0.1, 0.15) is 25.3 Å². The summed E-state index contributed by atoms with van der Waals surface area (Å²) >= 11 is 12.2. The van der Waals surface area contributed by atoms with E-state index in [4.69, 9.17) is 38.8 Å². The van der Waals surface area contributed by atoms with E-state index < -0.39 is 6.09 Å². The maximum atomic E-state index is 10.8. The Bertz CT molecular complexity index is 797. The van der Waals surface area contributed by atoms with Gasteiger partial charge in [-0.05, 0) is 24.1 Å². The molecule has 1 aromatic carbocycles. The maximum absolute atomic E-state index is 10.8. The van der Waals surface area contributed by atoms with Gasteiger partial charge < -0.3 is 20.7 Å². The van der Waals surface area contributed by atoms with Gasteiger partial charge in [-0.1, -0.05) is 37.0 Å². The number of aromatic nitrogens is 1. The Morgan fingerprint density at radius 1 is 1.33 bits per heavy atom. The monoisotopic (exact) mass is 371 g/mol. The summed E-state index contributed by atoms with van der Waals surface area (Å²) in [4.78, 5) is 14.6. The lowest BCUT2D eigenvalue weighted by atomic mass is 10.0. The van der Waals surface area contributed by atoms with Crippen LogP contribution >= 0.6 is 23.2 Å². The van der Waals surface area contributed by atoms with Gasteiger partial charge in [0.05, 0.1) is 0 Å². The summed E-state index contributed by atoms with van der Waals surface area (Å²) in [5.74, 6) is 0.192. The number of nitrogens with zero attached hydrogens (tertiary/aromatic N) is 1. The van der Waals surface area contributed by atoms with Crippen LogP contribution in [0.3, 0.4) is 0 Å². The predicted octanol–water partition coefficient (Wildman–Crippen LogP) is 4.68. The molecule has 0 unspecified atom stereocenters. The molecule has 1 aromatic heterocycles. The summed E-state index contributed by atoms with van der Waals surface area (Å²) in [6.07, 6.45) is -1.36. The fourth-order valence-corrected chi connectivity index (χ4v) is 2.44. The number of nitrogen functional groups attached to an aromatic ring is 1. The van der Waals surface area contributed by atoms with Crippen molar-refractivity contribution in [3.8, 4) is 17.2 Å². The normalized spacial score (nSPS) is 10.7. The predicted molar refractivity (Wildman–Crippen MR) is 92.6 cm³/mol. The van der Waals surface area contributed by atoms with Gasteiger partial charge in [-0.25, -0.2) is 9.78 Å². The quantitative estimate of drug-likeness (QED) is 0.619. The van der Waals surface area contributed by atoms with Crippen LogP contribution in [0, 0.1) is 0 Å². The van der Waals surface area contributed by atoms with Gasteiger partial charge in [-0.2, -0.15) is 0 Å². The van der Waals surface area contributed by atoms with Gasteiger partial charge in [0.1, 0.15) is 27.4 Å². The number of halogens is 2. The number of carboxylic acid groups (broad SMARTS) is 1. The molecule has 0 saturated carbocycles. The average Bonchev–Trinajstić information content (AvgIpc) is 2.50. The highest BCUT2D eigenvalue weighted by molar-refractivity contribution is 6.40. The number of aromatic hydroxyl groups is 1. The number of phenols is 1. The third-order valence-electron chi connectivity index (χ3n) is 3.13. The highest BCUT2D eigenvalue weighted by Crippen LogP contribution is 2.43. The van der Waals surface area contributed by atoms with Crippen LogP contribution in [-0.2, 0) is 0 Å². The number of amides is 1. The van der Waals surface area contributed by atoms with Gasteiger partial charge in [-0.15, -0.1) is 0 Å². The van der Waals surface area contributed by atoms with Crippen molar-refractivity contribution in [2.75, 3.05) is 11.1 Å². The summed E-state index contributed by atoms with van der Waals surface area (Å²) in [6, 6.07) is 4.63. The van der Waals surface area contributed by atoms with Crippen LogP contribution in [0.5, 0.6) is 17.2 Å². The number of anilines is 2. The summed E-state index contributed by atoms with van der Waals surface area (Å²) < 4.78 is 5.66. The number of hydrogen-bond donors (Lipinski definition) is 4. The average molecular weight is 372 g/mol. The molecule has 0 atom stereocenters. The van der Waals surface area contributed by atoms with Gasteiger partial charge in [0.25, 0.3) is 0 Å². The number of pyridine rings is 1. The number of hydrogen-bond acceptors (Lipinski definition) is 5. The molecule has 0 spiro atoms. The molecule has 7 nitrogen and oxygen atoms in total. The first kappa shape index (κ1) is 18.0. The van der Waals surface area contributed by atoms with Crippen molar-refractivity contribution in [2.45, 2.75) is 19.8 Å². The Hall–Kier alpha value is -2.38. The van der Waals surface area contributed by atoms with Crippen molar-refractivity contribution in [1.29, 1.82) is 0 Å². The second kappa shape index (κ2) is 7.02. The minimum atomic E-state index is -1.36. The molecule has 5 N–H and O–H groups in total. The van der Waals surface area contributed by atoms with E-state index in [0.717, 1.165) is 0 Å². The van der Waals surface area contributed by atoms with Gasteiger partial charge in [0.2, 0.25) is 0 Å². The Kier molecular flexibility index (Phi) is 5.26. The van der Waals surface area contributed by atoms with Crippen molar-refractivity contribution in [1.82, 2.24) is 4.98 Å². The smallest absolute Gasteiger partial charge is 0.410 e. The number of ether oxygens (including phenoxy) is 1. The molecule has 24 heavy (non-hydrogen) atoms. The number of phenolic OH excluding ortho intramolecular Hbond substituents is 1. The molecule has 2 rings (SSSR count). The zero-order valence-corrected chi connectivity index (χ0v) is 14.3.